The summed E-state index contributed by atoms with van der Waals surface area (Å²) in [5.41, 5.74) is 2.70. The Hall–Kier alpha value is -4.90. The van der Waals surface area contributed by atoms with Crippen LogP contribution in [0.1, 0.15) is 53.9 Å². The Morgan fingerprint density at radius 3 is 2.30 bits per heavy atom. The molecule has 4 aromatic rings. The van der Waals surface area contributed by atoms with Crippen LogP contribution in [0, 0.1) is 12.7 Å². The Bertz CT molecular complexity index is 1730. The molecular weight excluding hydrogens is 551 g/mol. The Kier molecular flexibility index (Phi) is 8.77. The molecule has 0 aliphatic rings. The summed E-state index contributed by atoms with van der Waals surface area (Å²) in [6.45, 7) is 7.90. The van der Waals surface area contributed by atoms with Gasteiger partial charge in [0.1, 0.15) is 17.3 Å². The lowest BCUT2D eigenvalue weighted by atomic mass is 9.86. The van der Waals surface area contributed by atoms with Crippen molar-refractivity contribution in [1.29, 1.82) is 0 Å². The number of nitrogens with zero attached hydrogens (tertiary/aromatic N) is 4. The van der Waals surface area contributed by atoms with Crippen molar-refractivity contribution in [3.8, 4) is 11.3 Å². The second-order valence-electron chi connectivity index (χ2n) is 11.5. The van der Waals surface area contributed by atoms with Crippen molar-refractivity contribution >= 4 is 29.0 Å². The van der Waals surface area contributed by atoms with Crippen LogP contribution in [-0.4, -0.2) is 50.7 Å². The van der Waals surface area contributed by atoms with Gasteiger partial charge in [0, 0.05) is 44.0 Å². The average molecular weight is 587 g/mol. The molecule has 11 heteroatoms. The van der Waals surface area contributed by atoms with Gasteiger partial charge in [-0.1, -0.05) is 39.0 Å². The van der Waals surface area contributed by atoms with Crippen LogP contribution in [0.5, 0.6) is 0 Å². The van der Waals surface area contributed by atoms with E-state index in [1.807, 2.05) is 12.1 Å². The number of hydrogen-bond donors (Lipinski definition) is 3. The van der Waals surface area contributed by atoms with Gasteiger partial charge in [0.15, 0.2) is 6.10 Å². The molecule has 10 nitrogen and oxygen atoms in total. The van der Waals surface area contributed by atoms with Gasteiger partial charge in [-0.05, 0) is 59.9 Å². The summed E-state index contributed by atoms with van der Waals surface area (Å²) in [4.78, 5) is 43.5. The van der Waals surface area contributed by atoms with E-state index in [-0.39, 0.29) is 16.8 Å². The van der Waals surface area contributed by atoms with Gasteiger partial charge >= 0.3 is 0 Å². The number of aliphatic hydroxyl groups excluding tert-OH is 1. The molecule has 3 N–H and O–H groups in total. The quantitative estimate of drug-likeness (QED) is 0.286. The maximum absolute atomic E-state index is 15.0. The Balaban J connectivity index is 1.62. The van der Waals surface area contributed by atoms with Crippen LogP contribution in [0.4, 0.5) is 21.6 Å². The fraction of sp³-hybridized carbons (Fsp3) is 0.281. The SMILES string of the molecule is Cc1c(-c2cc(Nc3ccc([C@H](O)C(=O)N(C)C)cn3)c(=O)n(C)n2)ccc(F)c1NC(=O)c1ccc(C(C)(C)C)cc1. The molecule has 2 aromatic heterocycles. The number of carbonyl (C=O) groups is 2. The molecule has 224 valence electrons. The molecule has 1 atom stereocenters. The maximum Gasteiger partial charge on any atom is 0.290 e. The summed E-state index contributed by atoms with van der Waals surface area (Å²) < 4.78 is 16.1. The van der Waals surface area contributed by atoms with Crippen molar-refractivity contribution in [3.05, 3.63) is 99.2 Å². The summed E-state index contributed by atoms with van der Waals surface area (Å²) in [5, 5.41) is 20.2. The maximum atomic E-state index is 15.0. The number of hydrogen-bond acceptors (Lipinski definition) is 7. The lowest BCUT2D eigenvalue weighted by Crippen LogP contribution is -2.28. The molecule has 0 aliphatic carbocycles. The summed E-state index contributed by atoms with van der Waals surface area (Å²) in [7, 11) is 4.56. The van der Waals surface area contributed by atoms with Crippen LogP contribution in [-0.2, 0) is 17.3 Å². The number of amides is 2. The molecule has 0 radical (unpaired) electrons. The molecule has 4 rings (SSSR count). The Morgan fingerprint density at radius 2 is 1.72 bits per heavy atom. The van der Waals surface area contributed by atoms with E-state index in [1.165, 1.54) is 62.6 Å². The molecule has 0 aliphatic heterocycles. The zero-order chi connectivity index (χ0) is 31.6. The van der Waals surface area contributed by atoms with Crippen LogP contribution in [0.3, 0.4) is 0 Å². The Morgan fingerprint density at radius 1 is 1.05 bits per heavy atom. The lowest BCUT2D eigenvalue weighted by molar-refractivity contribution is -0.137. The molecule has 0 saturated heterocycles. The number of halogens is 1. The molecule has 0 unspecified atom stereocenters. The number of rotatable bonds is 7. The second-order valence-corrected chi connectivity index (χ2v) is 11.5. The first-order valence-electron chi connectivity index (χ1n) is 13.6. The van der Waals surface area contributed by atoms with E-state index in [2.05, 4.69) is 41.5 Å². The number of aliphatic hydroxyl groups is 1. The van der Waals surface area contributed by atoms with Crippen LogP contribution in [0.15, 0.2) is 65.6 Å². The van der Waals surface area contributed by atoms with Crippen LogP contribution >= 0.6 is 0 Å². The number of nitrogens with one attached hydrogen (secondary N) is 2. The number of carbonyl (C=O) groups excluding carboxylic acids is 2. The standard InChI is InChI=1S/C32H35FN6O4/c1-18-22(13-14-23(33)27(18)36-29(41)19-8-11-21(12-9-19)32(2,3)4)24-16-25(30(42)39(7)37-24)35-26-15-10-20(17-34-26)28(40)31(43)38(5)6/h8-17,28,40H,1-7H3,(H,34,35)(H,36,41)/t28-/m0/s1. The van der Waals surface area contributed by atoms with Gasteiger partial charge in [0.25, 0.3) is 17.4 Å². The van der Waals surface area contributed by atoms with E-state index in [0.29, 0.717) is 33.8 Å². The zero-order valence-electron chi connectivity index (χ0n) is 25.2. The normalized spacial score (nSPS) is 12.0. The third-order valence-corrected chi connectivity index (χ3v) is 7.04. The third-order valence-electron chi connectivity index (χ3n) is 7.04. The average Bonchev–Trinajstić information content (AvgIpc) is 2.96. The van der Waals surface area contributed by atoms with E-state index in [4.69, 9.17) is 0 Å². The van der Waals surface area contributed by atoms with Gasteiger partial charge in [-0.15, -0.1) is 0 Å². The van der Waals surface area contributed by atoms with Crippen molar-refractivity contribution in [2.24, 2.45) is 7.05 Å². The number of benzene rings is 2. The molecule has 0 saturated carbocycles. The fourth-order valence-corrected chi connectivity index (χ4v) is 4.41. The first-order chi connectivity index (χ1) is 20.2. The van der Waals surface area contributed by atoms with E-state index in [9.17, 15) is 23.9 Å². The Labute approximate surface area is 249 Å². The summed E-state index contributed by atoms with van der Waals surface area (Å²) in [6.07, 6.45) is -0.0209. The van der Waals surface area contributed by atoms with E-state index in [0.717, 1.165) is 10.2 Å². The number of anilines is 3. The van der Waals surface area contributed by atoms with Gasteiger partial charge in [0.2, 0.25) is 0 Å². The van der Waals surface area contributed by atoms with Crippen molar-refractivity contribution in [2.75, 3.05) is 24.7 Å². The molecule has 0 fully saturated rings. The molecule has 43 heavy (non-hydrogen) atoms. The number of aryl methyl sites for hydroxylation is 1. The minimum atomic E-state index is -1.36. The molecule has 2 heterocycles. The summed E-state index contributed by atoms with van der Waals surface area (Å²) in [5.74, 6) is -1.26. The first kappa shape index (κ1) is 31.0. The van der Waals surface area contributed by atoms with Gasteiger partial charge in [-0.25, -0.2) is 14.1 Å². The number of pyridine rings is 1. The molecule has 0 spiro atoms. The number of aromatic nitrogens is 3. The van der Waals surface area contributed by atoms with Crippen LogP contribution in [0.2, 0.25) is 0 Å². The highest BCUT2D eigenvalue weighted by atomic mass is 19.1. The van der Waals surface area contributed by atoms with Crippen molar-refractivity contribution in [2.45, 2.75) is 39.2 Å². The summed E-state index contributed by atoms with van der Waals surface area (Å²) in [6, 6.07) is 14.5. The predicted molar refractivity (Wildman–Crippen MR) is 164 cm³/mol. The van der Waals surface area contributed by atoms with Crippen LogP contribution in [0.25, 0.3) is 11.3 Å². The van der Waals surface area contributed by atoms with Crippen molar-refractivity contribution in [1.82, 2.24) is 19.7 Å². The molecular formula is C32H35FN6O4. The van der Waals surface area contributed by atoms with Gasteiger partial charge in [-0.2, -0.15) is 5.10 Å². The molecule has 0 bridgehead atoms. The highest BCUT2D eigenvalue weighted by Gasteiger charge is 2.21. The largest absolute Gasteiger partial charge is 0.378 e. The summed E-state index contributed by atoms with van der Waals surface area (Å²) >= 11 is 0. The van der Waals surface area contributed by atoms with Crippen LogP contribution < -0.4 is 16.2 Å². The number of likely N-dealkylation sites (N-methyl/N-ethyl adjacent to an activating group) is 1. The van der Waals surface area contributed by atoms with E-state index in [1.54, 1.807) is 19.1 Å². The highest BCUT2D eigenvalue weighted by Crippen LogP contribution is 2.31. The first-order valence-corrected chi connectivity index (χ1v) is 13.6. The van der Waals surface area contributed by atoms with Crippen molar-refractivity contribution < 1.29 is 19.1 Å². The monoisotopic (exact) mass is 586 g/mol. The third kappa shape index (κ3) is 6.78. The molecule has 2 amide bonds. The van der Waals surface area contributed by atoms with E-state index < -0.39 is 29.3 Å². The predicted octanol–water partition coefficient (Wildman–Crippen LogP) is 4.70. The topological polar surface area (TPSA) is 129 Å². The highest BCUT2D eigenvalue weighted by molar-refractivity contribution is 6.05. The smallest absolute Gasteiger partial charge is 0.290 e. The van der Waals surface area contributed by atoms with Crippen molar-refractivity contribution in [3.63, 3.8) is 0 Å². The second kappa shape index (κ2) is 12.1. The van der Waals surface area contributed by atoms with Gasteiger partial charge in [0.05, 0.1) is 11.4 Å². The van der Waals surface area contributed by atoms with E-state index >= 15 is 0 Å². The zero-order valence-corrected chi connectivity index (χ0v) is 25.2. The minimum Gasteiger partial charge on any atom is -0.378 e. The molecule has 2 aromatic carbocycles. The minimum absolute atomic E-state index is 0.00986. The van der Waals surface area contributed by atoms with Gasteiger partial charge in [-0.3, -0.25) is 14.4 Å². The lowest BCUT2D eigenvalue weighted by Gasteiger charge is -2.19. The van der Waals surface area contributed by atoms with Gasteiger partial charge < -0.3 is 20.6 Å². The fourth-order valence-electron chi connectivity index (χ4n) is 4.41.